The van der Waals surface area contributed by atoms with Crippen LogP contribution in [0.5, 0.6) is 0 Å². The first-order valence-electron chi connectivity index (χ1n) is 8.96. The number of carbonyl (C=O) groups excluding carboxylic acids is 1. The van der Waals surface area contributed by atoms with Crippen LogP contribution in [0.15, 0.2) is 47.2 Å². The standard InChI is InChI=1S/C19H25N3O5.2ClH/c1-22(9-7-13-5-2-3-8-20-13)17-15(27-16(12-23)18(17)24)11-21-19(25)14-6-4-10-26-14;;/h2-6,8,10,15-18,23-24H,7,9,11-12H2,1H3,(H,21,25);2*1H/t15-,16+,17+,18-;;/m1../s1. The molecule has 10 heteroatoms. The summed E-state index contributed by atoms with van der Waals surface area (Å²) in [6, 6.07) is 8.61. The molecule has 1 fully saturated rings. The van der Waals surface area contributed by atoms with Crippen LogP contribution in [0, 0.1) is 0 Å². The molecule has 0 spiro atoms. The maximum atomic E-state index is 12.1. The van der Waals surface area contributed by atoms with E-state index in [4.69, 9.17) is 9.15 Å². The lowest BCUT2D eigenvalue weighted by Gasteiger charge is -2.30. The van der Waals surface area contributed by atoms with Gasteiger partial charge in [-0.15, -0.1) is 24.8 Å². The molecule has 4 atom stereocenters. The molecule has 29 heavy (non-hydrogen) atoms. The smallest absolute Gasteiger partial charge is 0.287 e. The fourth-order valence-corrected chi connectivity index (χ4v) is 3.36. The van der Waals surface area contributed by atoms with Crippen LogP contribution in [0.25, 0.3) is 0 Å². The van der Waals surface area contributed by atoms with Crippen LogP contribution >= 0.6 is 24.8 Å². The van der Waals surface area contributed by atoms with Crippen molar-refractivity contribution < 1.29 is 24.2 Å². The molecule has 1 aliphatic heterocycles. The van der Waals surface area contributed by atoms with Gasteiger partial charge in [0.15, 0.2) is 5.76 Å². The Kier molecular flexibility index (Phi) is 10.6. The molecule has 162 valence electrons. The van der Waals surface area contributed by atoms with Gasteiger partial charge >= 0.3 is 0 Å². The van der Waals surface area contributed by atoms with Crippen LogP contribution in [0.4, 0.5) is 0 Å². The van der Waals surface area contributed by atoms with E-state index in [0.29, 0.717) is 6.54 Å². The average molecular weight is 448 g/mol. The Hall–Kier alpha value is -1.68. The van der Waals surface area contributed by atoms with E-state index >= 15 is 0 Å². The molecule has 0 saturated carbocycles. The number of ether oxygens (including phenoxy) is 1. The third kappa shape index (κ3) is 6.40. The molecule has 1 saturated heterocycles. The number of nitrogens with zero attached hydrogens (tertiary/aromatic N) is 2. The molecule has 3 heterocycles. The molecule has 0 aromatic carbocycles. The van der Waals surface area contributed by atoms with E-state index in [-0.39, 0.29) is 55.7 Å². The van der Waals surface area contributed by atoms with E-state index in [1.54, 1.807) is 18.3 Å². The lowest BCUT2D eigenvalue weighted by Crippen LogP contribution is -2.50. The maximum absolute atomic E-state index is 12.1. The molecule has 0 bridgehead atoms. The van der Waals surface area contributed by atoms with Crippen LogP contribution in [-0.4, -0.2) is 77.1 Å². The summed E-state index contributed by atoms with van der Waals surface area (Å²) in [4.78, 5) is 18.4. The Morgan fingerprint density at radius 3 is 2.66 bits per heavy atom. The number of halogens is 2. The second kappa shape index (κ2) is 12.1. The van der Waals surface area contributed by atoms with Gasteiger partial charge in [-0.2, -0.15) is 0 Å². The first-order chi connectivity index (χ1) is 13.1. The van der Waals surface area contributed by atoms with Crippen molar-refractivity contribution in [2.24, 2.45) is 0 Å². The molecule has 8 nitrogen and oxygen atoms in total. The largest absolute Gasteiger partial charge is 0.459 e. The summed E-state index contributed by atoms with van der Waals surface area (Å²) in [6.07, 6.45) is 1.91. The van der Waals surface area contributed by atoms with Crippen LogP contribution in [0.3, 0.4) is 0 Å². The van der Waals surface area contributed by atoms with Crippen molar-refractivity contribution in [1.29, 1.82) is 0 Å². The first kappa shape index (κ1) is 25.4. The third-order valence-electron chi connectivity index (χ3n) is 4.81. The summed E-state index contributed by atoms with van der Waals surface area (Å²) >= 11 is 0. The van der Waals surface area contributed by atoms with E-state index in [2.05, 4.69) is 10.3 Å². The average Bonchev–Trinajstić information content (AvgIpc) is 3.33. The highest BCUT2D eigenvalue weighted by Crippen LogP contribution is 2.25. The Morgan fingerprint density at radius 1 is 1.24 bits per heavy atom. The molecule has 3 rings (SSSR count). The van der Waals surface area contributed by atoms with E-state index < -0.39 is 18.3 Å². The molecular formula is C19H27Cl2N3O5. The van der Waals surface area contributed by atoms with Gasteiger partial charge in [-0.3, -0.25) is 14.7 Å². The molecule has 2 aromatic rings. The minimum atomic E-state index is -0.853. The summed E-state index contributed by atoms with van der Waals surface area (Å²) in [5.74, 6) is -0.132. The highest BCUT2D eigenvalue weighted by Gasteiger charge is 2.45. The zero-order valence-corrected chi connectivity index (χ0v) is 17.6. The summed E-state index contributed by atoms with van der Waals surface area (Å²) in [5, 5.41) is 22.8. The summed E-state index contributed by atoms with van der Waals surface area (Å²) in [6.45, 7) is 0.572. The predicted molar refractivity (Wildman–Crippen MR) is 112 cm³/mol. The number of furan rings is 1. The number of likely N-dealkylation sites (N-methyl/N-ethyl adjacent to an activating group) is 1. The fraction of sp³-hybridized carbons (Fsp3) is 0.474. The van der Waals surface area contributed by atoms with E-state index in [0.717, 1.165) is 12.1 Å². The second-order valence-electron chi connectivity index (χ2n) is 6.62. The number of pyridine rings is 1. The van der Waals surface area contributed by atoms with Crippen LogP contribution in [-0.2, 0) is 11.2 Å². The van der Waals surface area contributed by atoms with Crippen molar-refractivity contribution in [2.45, 2.75) is 30.8 Å². The summed E-state index contributed by atoms with van der Waals surface area (Å²) < 4.78 is 10.8. The Labute approximate surface area is 182 Å². The normalized spacial score (nSPS) is 23.3. The van der Waals surface area contributed by atoms with Gasteiger partial charge in [0.25, 0.3) is 5.91 Å². The Bertz CT molecular complexity index is 720. The molecule has 2 aromatic heterocycles. The third-order valence-corrected chi connectivity index (χ3v) is 4.81. The predicted octanol–water partition coefficient (Wildman–Crippen LogP) is 0.912. The van der Waals surface area contributed by atoms with Gasteiger partial charge in [0.2, 0.25) is 0 Å². The molecule has 0 unspecified atom stereocenters. The van der Waals surface area contributed by atoms with Gasteiger partial charge in [0.05, 0.1) is 25.0 Å². The number of hydrogen-bond donors (Lipinski definition) is 3. The highest BCUT2D eigenvalue weighted by molar-refractivity contribution is 5.91. The van der Waals surface area contributed by atoms with Crippen LogP contribution < -0.4 is 5.32 Å². The highest BCUT2D eigenvalue weighted by atomic mass is 35.5. The van der Waals surface area contributed by atoms with Crippen molar-refractivity contribution in [3.63, 3.8) is 0 Å². The van der Waals surface area contributed by atoms with E-state index in [9.17, 15) is 15.0 Å². The van der Waals surface area contributed by atoms with E-state index in [1.165, 1.54) is 6.26 Å². The SMILES string of the molecule is CN(CCc1ccccn1)[C@@H]1[C@H](O)[C@H](CO)O[C@@H]1CNC(=O)c1ccco1.Cl.Cl. The molecule has 0 aliphatic carbocycles. The number of hydrogen-bond acceptors (Lipinski definition) is 7. The molecular weight excluding hydrogens is 421 g/mol. The van der Waals surface area contributed by atoms with Crippen molar-refractivity contribution in [1.82, 2.24) is 15.2 Å². The number of aromatic nitrogens is 1. The Morgan fingerprint density at radius 2 is 2.03 bits per heavy atom. The zero-order valence-electron chi connectivity index (χ0n) is 16.0. The zero-order chi connectivity index (χ0) is 19.2. The van der Waals surface area contributed by atoms with Crippen molar-refractivity contribution >= 4 is 30.7 Å². The van der Waals surface area contributed by atoms with Gasteiger partial charge in [-0.25, -0.2) is 0 Å². The quantitative estimate of drug-likeness (QED) is 0.551. The van der Waals surface area contributed by atoms with Crippen molar-refractivity contribution in [2.75, 3.05) is 26.7 Å². The second-order valence-corrected chi connectivity index (χ2v) is 6.62. The molecule has 0 radical (unpaired) electrons. The number of nitrogens with one attached hydrogen (secondary N) is 1. The number of amides is 1. The van der Waals surface area contributed by atoms with Crippen molar-refractivity contribution in [3.05, 3.63) is 54.2 Å². The minimum Gasteiger partial charge on any atom is -0.459 e. The number of aliphatic hydroxyl groups excluding tert-OH is 2. The lowest BCUT2D eigenvalue weighted by molar-refractivity contribution is -0.0209. The number of rotatable bonds is 8. The van der Waals surface area contributed by atoms with Gasteiger partial charge in [-0.05, 0) is 31.3 Å². The molecule has 1 amide bonds. The molecule has 3 N–H and O–H groups in total. The topological polar surface area (TPSA) is 108 Å². The molecule has 1 aliphatic rings. The first-order valence-corrected chi connectivity index (χ1v) is 8.96. The number of carbonyl (C=O) groups is 1. The van der Waals surface area contributed by atoms with E-state index in [1.807, 2.05) is 30.1 Å². The minimum absolute atomic E-state index is 0. The summed E-state index contributed by atoms with van der Waals surface area (Å²) in [5.41, 5.74) is 0.958. The maximum Gasteiger partial charge on any atom is 0.287 e. The number of aliphatic hydroxyl groups is 2. The van der Waals surface area contributed by atoms with Crippen LogP contribution in [0.2, 0.25) is 0 Å². The summed E-state index contributed by atoms with van der Waals surface area (Å²) in [7, 11) is 1.89. The fourth-order valence-electron chi connectivity index (χ4n) is 3.36. The Balaban J connectivity index is 0.00000210. The van der Waals surface area contributed by atoms with Gasteiger partial charge in [0, 0.05) is 31.4 Å². The van der Waals surface area contributed by atoms with Crippen molar-refractivity contribution in [3.8, 4) is 0 Å². The van der Waals surface area contributed by atoms with Gasteiger partial charge in [-0.1, -0.05) is 6.07 Å². The van der Waals surface area contributed by atoms with Gasteiger partial charge in [0.1, 0.15) is 12.2 Å². The lowest BCUT2D eigenvalue weighted by atomic mass is 10.0. The van der Waals surface area contributed by atoms with Gasteiger partial charge < -0.3 is 24.7 Å². The van der Waals surface area contributed by atoms with Crippen LogP contribution in [0.1, 0.15) is 16.2 Å². The monoisotopic (exact) mass is 447 g/mol.